The van der Waals surface area contributed by atoms with Gasteiger partial charge in [0, 0.05) is 26.2 Å². The van der Waals surface area contributed by atoms with Crippen LogP contribution in [0.5, 0.6) is 5.75 Å². The first-order valence-electron chi connectivity index (χ1n) is 9.34. The second-order valence-corrected chi connectivity index (χ2v) is 8.82. The third kappa shape index (κ3) is 4.58. The summed E-state index contributed by atoms with van der Waals surface area (Å²) in [6.07, 6.45) is -0.667. The van der Waals surface area contributed by atoms with Gasteiger partial charge in [-0.3, -0.25) is 4.79 Å². The van der Waals surface area contributed by atoms with Gasteiger partial charge in [-0.1, -0.05) is 24.3 Å². The second-order valence-electron chi connectivity index (χ2n) is 6.91. The van der Waals surface area contributed by atoms with Gasteiger partial charge in [-0.05, 0) is 43.7 Å². The van der Waals surface area contributed by atoms with Gasteiger partial charge in [0.2, 0.25) is 10.0 Å². The van der Waals surface area contributed by atoms with Crippen LogP contribution in [-0.2, 0) is 14.8 Å². The molecule has 1 atom stereocenters. The van der Waals surface area contributed by atoms with Gasteiger partial charge in [-0.25, -0.2) is 8.42 Å². The van der Waals surface area contributed by atoms with Gasteiger partial charge >= 0.3 is 0 Å². The van der Waals surface area contributed by atoms with Crippen LogP contribution in [0.1, 0.15) is 18.1 Å². The Morgan fingerprint density at radius 3 is 2.45 bits per heavy atom. The highest BCUT2D eigenvalue weighted by molar-refractivity contribution is 7.89. The Hall–Kier alpha value is -2.89. The molecule has 0 radical (unpaired) electrons. The number of piperazine rings is 1. The lowest BCUT2D eigenvalue weighted by Gasteiger charge is -2.35. The van der Waals surface area contributed by atoms with Crippen molar-refractivity contribution < 1.29 is 17.9 Å². The van der Waals surface area contributed by atoms with Crippen LogP contribution in [0.4, 0.5) is 0 Å². The van der Waals surface area contributed by atoms with Crippen molar-refractivity contribution in [1.82, 2.24) is 9.21 Å². The van der Waals surface area contributed by atoms with E-state index in [0.717, 1.165) is 5.56 Å². The molecule has 2 aromatic rings. The number of rotatable bonds is 5. The summed E-state index contributed by atoms with van der Waals surface area (Å²) in [6.45, 7) is 4.53. The van der Waals surface area contributed by atoms with Crippen LogP contribution in [0, 0.1) is 18.3 Å². The summed E-state index contributed by atoms with van der Waals surface area (Å²) in [7, 11) is -3.79. The molecule has 7 nitrogen and oxygen atoms in total. The third-order valence-electron chi connectivity index (χ3n) is 4.83. The SMILES string of the molecule is Cc1cccc(O[C@H](C)C(=O)N2CCN(S(=O)(=O)c3ccccc3C#N)CC2)c1. The Balaban J connectivity index is 1.64. The largest absolute Gasteiger partial charge is 0.481 e. The van der Waals surface area contributed by atoms with Gasteiger partial charge in [-0.15, -0.1) is 0 Å². The lowest BCUT2D eigenvalue weighted by molar-refractivity contribution is -0.139. The molecule has 0 aliphatic carbocycles. The number of amides is 1. The molecule has 0 saturated carbocycles. The lowest BCUT2D eigenvalue weighted by Crippen LogP contribution is -2.53. The van der Waals surface area contributed by atoms with Gasteiger partial charge in [0.1, 0.15) is 11.8 Å². The summed E-state index contributed by atoms with van der Waals surface area (Å²) in [5.41, 5.74) is 1.16. The highest BCUT2D eigenvalue weighted by atomic mass is 32.2. The Labute approximate surface area is 171 Å². The zero-order chi connectivity index (χ0) is 21.0. The Kier molecular flexibility index (Phi) is 6.20. The van der Waals surface area contributed by atoms with Crippen molar-refractivity contribution in [1.29, 1.82) is 5.26 Å². The first kappa shape index (κ1) is 20.8. The predicted octanol–water partition coefficient (Wildman–Crippen LogP) is 2.17. The Morgan fingerprint density at radius 2 is 1.79 bits per heavy atom. The van der Waals surface area contributed by atoms with Gasteiger partial charge < -0.3 is 9.64 Å². The van der Waals surface area contributed by atoms with E-state index in [1.54, 1.807) is 30.0 Å². The van der Waals surface area contributed by atoms with E-state index < -0.39 is 16.1 Å². The molecule has 2 aromatic carbocycles. The average Bonchev–Trinajstić information content (AvgIpc) is 2.73. The van der Waals surface area contributed by atoms with E-state index in [1.165, 1.54) is 16.4 Å². The van der Waals surface area contributed by atoms with Gasteiger partial charge in [0.05, 0.1) is 10.5 Å². The van der Waals surface area contributed by atoms with Crippen molar-refractivity contribution in [3.05, 3.63) is 59.7 Å². The quantitative estimate of drug-likeness (QED) is 0.749. The maximum absolute atomic E-state index is 12.9. The molecule has 152 valence electrons. The number of nitrogens with zero attached hydrogens (tertiary/aromatic N) is 3. The number of nitriles is 1. The number of aryl methyl sites for hydroxylation is 1. The minimum absolute atomic E-state index is 0.00146. The van der Waals surface area contributed by atoms with Crippen LogP contribution in [0.2, 0.25) is 0 Å². The van der Waals surface area contributed by atoms with Crippen LogP contribution < -0.4 is 4.74 Å². The maximum Gasteiger partial charge on any atom is 0.263 e. The molecule has 1 saturated heterocycles. The van der Waals surface area contributed by atoms with Crippen LogP contribution in [0.25, 0.3) is 0 Å². The molecule has 0 bridgehead atoms. The summed E-state index contributed by atoms with van der Waals surface area (Å²) in [6, 6.07) is 15.5. The molecule has 29 heavy (non-hydrogen) atoms. The minimum Gasteiger partial charge on any atom is -0.481 e. The maximum atomic E-state index is 12.9. The standard InChI is InChI=1S/C21H23N3O4S/c1-16-6-5-8-19(14-16)28-17(2)21(25)23-10-12-24(13-11-23)29(26,27)20-9-4-3-7-18(20)15-22/h3-9,14,17H,10-13H2,1-2H3/t17-/m1/s1. The van der Waals surface area contributed by atoms with Crippen molar-refractivity contribution in [3.8, 4) is 11.8 Å². The molecule has 0 N–H and O–H groups in total. The first-order chi connectivity index (χ1) is 13.8. The monoisotopic (exact) mass is 413 g/mol. The summed E-state index contributed by atoms with van der Waals surface area (Å²) in [5.74, 6) is 0.446. The second kappa shape index (κ2) is 8.64. The number of sulfonamides is 1. The van der Waals surface area contributed by atoms with Crippen molar-refractivity contribution in [3.63, 3.8) is 0 Å². The topological polar surface area (TPSA) is 90.7 Å². The highest BCUT2D eigenvalue weighted by Crippen LogP contribution is 2.22. The van der Waals surface area contributed by atoms with Crippen molar-refractivity contribution in [2.24, 2.45) is 0 Å². The molecule has 1 amide bonds. The first-order valence-corrected chi connectivity index (χ1v) is 10.8. The van der Waals surface area contributed by atoms with E-state index in [2.05, 4.69) is 0 Å². The molecular weight excluding hydrogens is 390 g/mol. The zero-order valence-electron chi connectivity index (χ0n) is 16.4. The fourth-order valence-electron chi connectivity index (χ4n) is 3.27. The number of carbonyl (C=O) groups is 1. The molecular formula is C21H23N3O4S. The normalized spacial score (nSPS) is 16.1. The molecule has 1 heterocycles. The van der Waals surface area contributed by atoms with Gasteiger partial charge in [0.15, 0.2) is 6.10 Å². The Bertz CT molecular complexity index is 1040. The van der Waals surface area contributed by atoms with Crippen molar-refractivity contribution >= 4 is 15.9 Å². The predicted molar refractivity (Wildman–Crippen MR) is 108 cm³/mol. The summed E-state index contributed by atoms with van der Waals surface area (Å²) in [5, 5.41) is 9.19. The molecule has 1 aliphatic rings. The van der Waals surface area contributed by atoms with E-state index in [4.69, 9.17) is 4.74 Å². The number of carbonyl (C=O) groups excluding carboxylic acids is 1. The third-order valence-corrected chi connectivity index (χ3v) is 6.78. The molecule has 0 unspecified atom stereocenters. The summed E-state index contributed by atoms with van der Waals surface area (Å²) in [4.78, 5) is 14.3. The molecule has 1 aliphatic heterocycles. The van der Waals surface area contributed by atoms with Crippen LogP contribution >= 0.6 is 0 Å². The summed E-state index contributed by atoms with van der Waals surface area (Å²) >= 11 is 0. The van der Waals surface area contributed by atoms with E-state index in [-0.39, 0.29) is 42.5 Å². The number of hydrogen-bond donors (Lipinski definition) is 0. The minimum atomic E-state index is -3.79. The van der Waals surface area contributed by atoms with Gasteiger partial charge in [0.25, 0.3) is 5.91 Å². The molecule has 0 spiro atoms. The van der Waals surface area contributed by atoms with Crippen LogP contribution in [0.15, 0.2) is 53.4 Å². The van der Waals surface area contributed by atoms with E-state index >= 15 is 0 Å². The summed E-state index contributed by atoms with van der Waals surface area (Å²) < 4.78 is 32.9. The molecule has 1 fully saturated rings. The number of benzene rings is 2. The zero-order valence-corrected chi connectivity index (χ0v) is 17.2. The average molecular weight is 413 g/mol. The van der Waals surface area contributed by atoms with E-state index in [9.17, 15) is 18.5 Å². The smallest absolute Gasteiger partial charge is 0.263 e. The number of ether oxygens (including phenoxy) is 1. The fourth-order valence-corrected chi connectivity index (χ4v) is 4.84. The van der Waals surface area contributed by atoms with Gasteiger partial charge in [-0.2, -0.15) is 9.57 Å². The highest BCUT2D eigenvalue weighted by Gasteiger charge is 2.33. The lowest BCUT2D eigenvalue weighted by atomic mass is 10.2. The van der Waals surface area contributed by atoms with E-state index in [0.29, 0.717) is 5.75 Å². The van der Waals surface area contributed by atoms with E-state index in [1.807, 2.05) is 31.2 Å². The molecule has 0 aromatic heterocycles. The molecule has 8 heteroatoms. The van der Waals surface area contributed by atoms with Crippen LogP contribution in [-0.4, -0.2) is 55.8 Å². The van der Waals surface area contributed by atoms with Crippen molar-refractivity contribution in [2.45, 2.75) is 24.8 Å². The fraction of sp³-hybridized carbons (Fsp3) is 0.333. The van der Waals surface area contributed by atoms with Crippen molar-refractivity contribution in [2.75, 3.05) is 26.2 Å². The molecule has 3 rings (SSSR count). The Morgan fingerprint density at radius 1 is 1.10 bits per heavy atom. The van der Waals surface area contributed by atoms with Crippen LogP contribution in [0.3, 0.4) is 0 Å². The number of hydrogen-bond acceptors (Lipinski definition) is 5.